The summed E-state index contributed by atoms with van der Waals surface area (Å²) in [4.78, 5) is 4.17. The van der Waals surface area contributed by atoms with Gasteiger partial charge in [0.25, 0.3) is 0 Å². The fourth-order valence-electron chi connectivity index (χ4n) is 1.16. The minimum Gasteiger partial charge on any atom is -0.477 e. The summed E-state index contributed by atoms with van der Waals surface area (Å²) in [7, 11) is 0. The number of nitrogens with one attached hydrogen (secondary N) is 1. The average Bonchev–Trinajstić information content (AvgIpc) is 2.24. The molecule has 0 fully saturated rings. The third-order valence-corrected chi connectivity index (χ3v) is 1.94. The maximum absolute atomic E-state index is 5.55. The summed E-state index contributed by atoms with van der Waals surface area (Å²) in [5.74, 6) is 1.25. The van der Waals surface area contributed by atoms with Gasteiger partial charge in [0.05, 0.1) is 6.61 Å². The quantitative estimate of drug-likeness (QED) is 0.778. The van der Waals surface area contributed by atoms with Crippen molar-refractivity contribution in [2.45, 2.75) is 27.3 Å². The molecule has 0 unspecified atom stereocenters. The van der Waals surface area contributed by atoms with E-state index in [1.165, 1.54) is 5.56 Å². The van der Waals surface area contributed by atoms with E-state index in [0.29, 0.717) is 5.92 Å². The van der Waals surface area contributed by atoms with Crippen LogP contribution in [0.4, 0.5) is 0 Å². The Morgan fingerprint density at radius 3 is 2.93 bits per heavy atom. The third kappa shape index (κ3) is 4.79. The fraction of sp³-hybridized carbons (Fsp3) is 0.583. The van der Waals surface area contributed by atoms with Gasteiger partial charge in [0.15, 0.2) is 0 Å². The van der Waals surface area contributed by atoms with Gasteiger partial charge in [-0.2, -0.15) is 0 Å². The predicted octanol–water partition coefficient (Wildman–Crippen LogP) is 2.23. The van der Waals surface area contributed by atoms with Gasteiger partial charge < -0.3 is 10.1 Å². The molecule has 0 bridgehead atoms. The molecule has 0 aromatic carbocycles. The van der Waals surface area contributed by atoms with Gasteiger partial charge in [-0.05, 0) is 24.1 Å². The molecule has 1 N–H and O–H groups in total. The second-order valence-electron chi connectivity index (χ2n) is 3.99. The number of pyridine rings is 1. The molecule has 15 heavy (non-hydrogen) atoms. The predicted molar refractivity (Wildman–Crippen MR) is 62.0 cm³/mol. The molecule has 0 atom stereocenters. The smallest absolute Gasteiger partial charge is 0.213 e. The van der Waals surface area contributed by atoms with Gasteiger partial charge >= 0.3 is 0 Å². The molecule has 0 amide bonds. The molecule has 1 rings (SSSR count). The number of nitrogens with zero attached hydrogens (tertiary/aromatic N) is 1. The highest BCUT2D eigenvalue weighted by molar-refractivity contribution is 5.20. The van der Waals surface area contributed by atoms with Crippen LogP contribution in [-0.2, 0) is 6.54 Å². The average molecular weight is 208 g/mol. The molecule has 1 aromatic heterocycles. The first-order valence-electron chi connectivity index (χ1n) is 5.50. The molecule has 3 heteroatoms. The Morgan fingerprint density at radius 1 is 1.47 bits per heavy atom. The van der Waals surface area contributed by atoms with Crippen molar-refractivity contribution in [2.24, 2.45) is 5.92 Å². The van der Waals surface area contributed by atoms with Crippen molar-refractivity contribution in [1.82, 2.24) is 10.3 Å². The molecule has 0 aliphatic heterocycles. The van der Waals surface area contributed by atoms with Crippen LogP contribution >= 0.6 is 0 Å². The molecule has 1 aromatic rings. The van der Waals surface area contributed by atoms with E-state index < -0.39 is 0 Å². The second-order valence-corrected chi connectivity index (χ2v) is 3.99. The Labute approximate surface area is 91.9 Å². The minimum absolute atomic E-state index is 0.532. The van der Waals surface area contributed by atoms with Crippen molar-refractivity contribution in [2.75, 3.05) is 13.2 Å². The summed E-state index contributed by atoms with van der Waals surface area (Å²) in [6.45, 7) is 8.92. The standard InChI is InChI=1S/C12H20N2O/c1-4-13-8-11-5-6-14-12(7-11)15-9-10(2)3/h5-7,10,13H,4,8-9H2,1-3H3. The molecule has 0 saturated carbocycles. The van der Waals surface area contributed by atoms with Crippen molar-refractivity contribution in [3.05, 3.63) is 23.9 Å². The molecule has 84 valence electrons. The Hall–Kier alpha value is -1.09. The van der Waals surface area contributed by atoms with Crippen LogP contribution in [0.3, 0.4) is 0 Å². The van der Waals surface area contributed by atoms with Crippen molar-refractivity contribution in [3.8, 4) is 5.88 Å². The van der Waals surface area contributed by atoms with Gasteiger partial charge in [-0.3, -0.25) is 0 Å². The Balaban J connectivity index is 2.50. The van der Waals surface area contributed by atoms with E-state index in [2.05, 4.69) is 31.1 Å². The van der Waals surface area contributed by atoms with Crippen LogP contribution in [0.5, 0.6) is 5.88 Å². The summed E-state index contributed by atoms with van der Waals surface area (Å²) in [6, 6.07) is 4.00. The van der Waals surface area contributed by atoms with E-state index in [4.69, 9.17) is 4.74 Å². The minimum atomic E-state index is 0.532. The van der Waals surface area contributed by atoms with Crippen molar-refractivity contribution in [3.63, 3.8) is 0 Å². The van der Waals surface area contributed by atoms with Crippen LogP contribution in [0.1, 0.15) is 26.3 Å². The number of hydrogen-bond acceptors (Lipinski definition) is 3. The summed E-state index contributed by atoms with van der Waals surface area (Å²) >= 11 is 0. The largest absolute Gasteiger partial charge is 0.477 e. The lowest BCUT2D eigenvalue weighted by Gasteiger charge is -2.08. The number of aromatic nitrogens is 1. The van der Waals surface area contributed by atoms with Gasteiger partial charge in [-0.15, -0.1) is 0 Å². The number of rotatable bonds is 6. The summed E-state index contributed by atoms with van der Waals surface area (Å²) in [5.41, 5.74) is 1.21. The van der Waals surface area contributed by atoms with Crippen LogP contribution in [0.15, 0.2) is 18.3 Å². The van der Waals surface area contributed by atoms with Gasteiger partial charge in [0, 0.05) is 18.8 Å². The highest BCUT2D eigenvalue weighted by Gasteiger charge is 1.99. The van der Waals surface area contributed by atoms with Crippen LogP contribution < -0.4 is 10.1 Å². The lowest BCUT2D eigenvalue weighted by molar-refractivity contribution is 0.261. The topological polar surface area (TPSA) is 34.2 Å². The first kappa shape index (κ1) is 12.0. The Bertz CT molecular complexity index is 287. The molecule has 0 aliphatic rings. The molecule has 0 saturated heterocycles. The maximum Gasteiger partial charge on any atom is 0.213 e. The Morgan fingerprint density at radius 2 is 2.27 bits per heavy atom. The van der Waals surface area contributed by atoms with E-state index >= 15 is 0 Å². The Kier molecular flexibility index (Phi) is 5.12. The lowest BCUT2D eigenvalue weighted by Crippen LogP contribution is -2.12. The normalized spacial score (nSPS) is 10.7. The van der Waals surface area contributed by atoms with Gasteiger partial charge in [-0.25, -0.2) is 4.98 Å². The molecule has 0 spiro atoms. The van der Waals surface area contributed by atoms with Crippen LogP contribution in [0.2, 0.25) is 0 Å². The first-order valence-corrected chi connectivity index (χ1v) is 5.50. The SMILES string of the molecule is CCNCc1ccnc(OCC(C)C)c1. The highest BCUT2D eigenvalue weighted by atomic mass is 16.5. The van der Waals surface area contributed by atoms with Crippen molar-refractivity contribution in [1.29, 1.82) is 0 Å². The molecular weight excluding hydrogens is 188 g/mol. The van der Waals surface area contributed by atoms with E-state index in [1.807, 2.05) is 12.1 Å². The van der Waals surface area contributed by atoms with Gasteiger partial charge in [0.1, 0.15) is 0 Å². The van der Waals surface area contributed by atoms with Gasteiger partial charge in [-0.1, -0.05) is 20.8 Å². The monoisotopic (exact) mass is 208 g/mol. The second kappa shape index (κ2) is 6.40. The molecule has 0 radical (unpaired) electrons. The molecule has 0 aliphatic carbocycles. The van der Waals surface area contributed by atoms with E-state index in [0.717, 1.165) is 25.6 Å². The summed E-state index contributed by atoms with van der Waals surface area (Å²) in [6.07, 6.45) is 1.79. The van der Waals surface area contributed by atoms with E-state index in [-0.39, 0.29) is 0 Å². The highest BCUT2D eigenvalue weighted by Crippen LogP contribution is 2.10. The van der Waals surface area contributed by atoms with E-state index in [9.17, 15) is 0 Å². The zero-order valence-electron chi connectivity index (χ0n) is 9.79. The van der Waals surface area contributed by atoms with Gasteiger partial charge in [0.2, 0.25) is 5.88 Å². The fourth-order valence-corrected chi connectivity index (χ4v) is 1.16. The van der Waals surface area contributed by atoms with Crippen molar-refractivity contribution >= 4 is 0 Å². The van der Waals surface area contributed by atoms with Crippen LogP contribution in [0.25, 0.3) is 0 Å². The van der Waals surface area contributed by atoms with Crippen molar-refractivity contribution < 1.29 is 4.74 Å². The lowest BCUT2D eigenvalue weighted by atomic mass is 10.2. The molecule has 3 nitrogen and oxygen atoms in total. The first-order chi connectivity index (χ1) is 7.22. The molecule has 1 heterocycles. The zero-order valence-corrected chi connectivity index (χ0v) is 9.79. The summed E-state index contributed by atoms with van der Waals surface area (Å²) in [5, 5.41) is 3.27. The molecular formula is C12H20N2O. The van der Waals surface area contributed by atoms with Crippen LogP contribution in [0, 0.1) is 5.92 Å². The van der Waals surface area contributed by atoms with E-state index in [1.54, 1.807) is 6.20 Å². The maximum atomic E-state index is 5.55. The number of ether oxygens (including phenoxy) is 1. The summed E-state index contributed by atoms with van der Waals surface area (Å²) < 4.78 is 5.55. The van der Waals surface area contributed by atoms with Crippen LogP contribution in [-0.4, -0.2) is 18.1 Å². The number of hydrogen-bond donors (Lipinski definition) is 1. The zero-order chi connectivity index (χ0) is 11.1. The third-order valence-electron chi connectivity index (χ3n) is 1.94.